The molecule has 1 heterocycles. The summed E-state index contributed by atoms with van der Waals surface area (Å²) < 4.78 is 10.4. The predicted octanol–water partition coefficient (Wildman–Crippen LogP) is 1.73. The lowest BCUT2D eigenvalue weighted by atomic mass is 9.87. The van der Waals surface area contributed by atoms with Crippen molar-refractivity contribution in [2.45, 2.75) is 26.8 Å². The smallest absolute Gasteiger partial charge is 0.241 e. The van der Waals surface area contributed by atoms with Crippen molar-refractivity contribution in [2.24, 2.45) is 11.1 Å². The Morgan fingerprint density at radius 1 is 1.33 bits per heavy atom. The molecule has 0 aliphatic carbocycles. The lowest BCUT2D eigenvalue weighted by Crippen LogP contribution is -2.45. The third kappa shape index (κ3) is 2.56. The summed E-state index contributed by atoms with van der Waals surface area (Å²) in [5, 5.41) is 2.78. The van der Waals surface area contributed by atoms with Crippen LogP contribution in [-0.2, 0) is 4.79 Å². The molecule has 0 aromatic heterocycles. The number of amides is 1. The van der Waals surface area contributed by atoms with Gasteiger partial charge in [-0.15, -0.1) is 0 Å². The van der Waals surface area contributed by atoms with E-state index in [2.05, 4.69) is 5.32 Å². The summed E-state index contributed by atoms with van der Waals surface area (Å²) in [6.07, 6.45) is 0. The van der Waals surface area contributed by atoms with Crippen LogP contribution in [0.5, 0.6) is 11.5 Å². The number of nitrogens with one attached hydrogen (secondary N) is 1. The molecule has 98 valence electrons. The molecule has 0 unspecified atom stereocenters. The Bertz CT molecular complexity index is 466. The highest BCUT2D eigenvalue weighted by Gasteiger charge is 2.27. The normalized spacial score (nSPS) is 15.3. The fourth-order valence-corrected chi connectivity index (χ4v) is 1.59. The molecular weight excluding hydrogens is 232 g/mol. The summed E-state index contributed by atoms with van der Waals surface area (Å²) in [7, 11) is 0. The second-order valence-corrected chi connectivity index (χ2v) is 5.40. The number of hydrogen-bond acceptors (Lipinski definition) is 4. The van der Waals surface area contributed by atoms with Gasteiger partial charge in [-0.3, -0.25) is 4.79 Å². The van der Waals surface area contributed by atoms with E-state index in [4.69, 9.17) is 15.2 Å². The second-order valence-electron chi connectivity index (χ2n) is 5.40. The molecule has 0 radical (unpaired) electrons. The van der Waals surface area contributed by atoms with Crippen LogP contribution in [0.25, 0.3) is 0 Å². The zero-order chi connectivity index (χ0) is 13.3. The number of carbonyl (C=O) groups is 1. The van der Waals surface area contributed by atoms with Gasteiger partial charge in [0.25, 0.3) is 0 Å². The van der Waals surface area contributed by atoms with Crippen molar-refractivity contribution in [1.29, 1.82) is 0 Å². The van der Waals surface area contributed by atoms with Gasteiger partial charge in [0.2, 0.25) is 12.7 Å². The van der Waals surface area contributed by atoms with E-state index in [-0.39, 0.29) is 18.1 Å². The van der Waals surface area contributed by atoms with Gasteiger partial charge in [-0.2, -0.15) is 0 Å². The second kappa shape index (κ2) is 4.49. The molecule has 1 aromatic carbocycles. The first-order valence-corrected chi connectivity index (χ1v) is 5.84. The van der Waals surface area contributed by atoms with Crippen LogP contribution in [0.3, 0.4) is 0 Å². The number of fused-ring (bicyclic) bond motifs is 1. The molecule has 5 nitrogen and oxygen atoms in total. The van der Waals surface area contributed by atoms with Gasteiger partial charge in [-0.05, 0) is 17.5 Å². The van der Waals surface area contributed by atoms with Crippen LogP contribution in [0.4, 0.5) is 5.69 Å². The number of benzene rings is 1. The summed E-state index contributed by atoms with van der Waals surface area (Å²) >= 11 is 0. The molecule has 3 N–H and O–H groups in total. The van der Waals surface area contributed by atoms with E-state index >= 15 is 0 Å². The van der Waals surface area contributed by atoms with Crippen LogP contribution in [0.15, 0.2) is 18.2 Å². The lowest BCUT2D eigenvalue weighted by molar-refractivity contribution is -0.119. The first-order valence-electron chi connectivity index (χ1n) is 5.84. The molecule has 0 bridgehead atoms. The summed E-state index contributed by atoms with van der Waals surface area (Å²) in [5.74, 6) is 1.12. The van der Waals surface area contributed by atoms with E-state index in [1.807, 2.05) is 20.8 Å². The summed E-state index contributed by atoms with van der Waals surface area (Å²) in [5.41, 5.74) is 6.27. The van der Waals surface area contributed by atoms with E-state index in [0.717, 1.165) is 0 Å². The number of anilines is 1. The minimum absolute atomic E-state index is 0.207. The molecular formula is C13H18N2O3. The Morgan fingerprint density at radius 2 is 2.00 bits per heavy atom. The maximum absolute atomic E-state index is 12.0. The van der Waals surface area contributed by atoms with Crippen molar-refractivity contribution in [3.8, 4) is 11.5 Å². The molecule has 0 saturated heterocycles. The van der Waals surface area contributed by atoms with Gasteiger partial charge in [-0.1, -0.05) is 20.8 Å². The Morgan fingerprint density at radius 3 is 2.67 bits per heavy atom. The van der Waals surface area contributed by atoms with Gasteiger partial charge in [0.05, 0.1) is 6.04 Å². The monoisotopic (exact) mass is 250 g/mol. The number of ether oxygens (including phenoxy) is 2. The number of hydrogen-bond donors (Lipinski definition) is 2. The van der Waals surface area contributed by atoms with Gasteiger partial charge in [0, 0.05) is 11.8 Å². The summed E-state index contributed by atoms with van der Waals surface area (Å²) in [4.78, 5) is 12.0. The minimum Gasteiger partial charge on any atom is -0.454 e. The highest BCUT2D eigenvalue weighted by atomic mass is 16.7. The summed E-state index contributed by atoms with van der Waals surface area (Å²) in [6, 6.07) is 4.69. The van der Waals surface area contributed by atoms with Gasteiger partial charge in [0.1, 0.15) is 0 Å². The average Bonchev–Trinajstić information content (AvgIpc) is 2.73. The van der Waals surface area contributed by atoms with E-state index in [1.54, 1.807) is 18.2 Å². The van der Waals surface area contributed by atoms with E-state index in [0.29, 0.717) is 17.2 Å². The fraction of sp³-hybridized carbons (Fsp3) is 0.462. The molecule has 1 amide bonds. The van der Waals surface area contributed by atoms with Gasteiger partial charge in [0.15, 0.2) is 11.5 Å². The highest BCUT2D eigenvalue weighted by Crippen LogP contribution is 2.34. The lowest BCUT2D eigenvalue weighted by Gasteiger charge is -2.25. The fourth-order valence-electron chi connectivity index (χ4n) is 1.59. The van der Waals surface area contributed by atoms with Crippen molar-refractivity contribution in [1.82, 2.24) is 0 Å². The number of carbonyl (C=O) groups excluding carboxylic acids is 1. The quantitative estimate of drug-likeness (QED) is 0.838. The number of rotatable bonds is 2. The van der Waals surface area contributed by atoms with Crippen LogP contribution in [0.2, 0.25) is 0 Å². The first kappa shape index (κ1) is 12.7. The van der Waals surface area contributed by atoms with Crippen LogP contribution < -0.4 is 20.5 Å². The van der Waals surface area contributed by atoms with Crippen molar-refractivity contribution in [3.63, 3.8) is 0 Å². The standard InChI is InChI=1S/C13H18N2O3/c1-13(2,3)11(14)12(16)15-8-4-5-9-10(6-8)18-7-17-9/h4-6,11H,7,14H2,1-3H3,(H,15,16)/t11-/m0/s1. The Balaban J connectivity index is 2.08. The van der Waals surface area contributed by atoms with Crippen LogP contribution in [0.1, 0.15) is 20.8 Å². The Labute approximate surface area is 106 Å². The minimum atomic E-state index is -0.567. The molecule has 0 saturated carbocycles. The number of nitrogens with two attached hydrogens (primary N) is 1. The average molecular weight is 250 g/mol. The topological polar surface area (TPSA) is 73.6 Å². The van der Waals surface area contributed by atoms with Crippen LogP contribution >= 0.6 is 0 Å². The maximum atomic E-state index is 12.0. The van der Waals surface area contributed by atoms with Crippen molar-refractivity contribution in [3.05, 3.63) is 18.2 Å². The third-order valence-corrected chi connectivity index (χ3v) is 2.86. The molecule has 5 heteroatoms. The molecule has 18 heavy (non-hydrogen) atoms. The highest BCUT2D eigenvalue weighted by molar-refractivity contribution is 5.95. The molecule has 1 aromatic rings. The first-order chi connectivity index (χ1) is 8.38. The zero-order valence-electron chi connectivity index (χ0n) is 10.8. The van der Waals surface area contributed by atoms with E-state index in [1.165, 1.54) is 0 Å². The molecule has 1 aliphatic rings. The molecule has 1 atom stereocenters. The van der Waals surface area contributed by atoms with Gasteiger partial charge >= 0.3 is 0 Å². The predicted molar refractivity (Wildman–Crippen MR) is 68.6 cm³/mol. The zero-order valence-corrected chi connectivity index (χ0v) is 10.8. The maximum Gasteiger partial charge on any atom is 0.241 e. The van der Waals surface area contributed by atoms with Crippen LogP contribution in [0, 0.1) is 5.41 Å². The molecule has 0 spiro atoms. The Hall–Kier alpha value is -1.75. The van der Waals surface area contributed by atoms with Crippen molar-refractivity contribution < 1.29 is 14.3 Å². The third-order valence-electron chi connectivity index (χ3n) is 2.86. The van der Waals surface area contributed by atoms with E-state index < -0.39 is 6.04 Å². The summed E-state index contributed by atoms with van der Waals surface area (Å²) in [6.45, 7) is 6.00. The molecule has 0 fully saturated rings. The van der Waals surface area contributed by atoms with Gasteiger partial charge in [-0.25, -0.2) is 0 Å². The van der Waals surface area contributed by atoms with Crippen LogP contribution in [-0.4, -0.2) is 18.7 Å². The van der Waals surface area contributed by atoms with Gasteiger partial charge < -0.3 is 20.5 Å². The van der Waals surface area contributed by atoms with E-state index in [9.17, 15) is 4.79 Å². The SMILES string of the molecule is CC(C)(C)[C@@H](N)C(=O)Nc1ccc2c(c1)OCO2. The molecule has 2 rings (SSSR count). The molecule has 1 aliphatic heterocycles. The van der Waals surface area contributed by atoms with Crippen molar-refractivity contribution >= 4 is 11.6 Å². The van der Waals surface area contributed by atoms with Crippen molar-refractivity contribution in [2.75, 3.05) is 12.1 Å². The Kier molecular flexibility index (Phi) is 3.17. The largest absolute Gasteiger partial charge is 0.454 e.